The number of carboxylic acids is 1. The van der Waals surface area contributed by atoms with Gasteiger partial charge in [-0.1, -0.05) is 0 Å². The van der Waals surface area contributed by atoms with Crippen LogP contribution in [0.5, 0.6) is 11.5 Å². The number of rotatable bonds is 6. The second-order valence-electron chi connectivity index (χ2n) is 3.95. The van der Waals surface area contributed by atoms with E-state index >= 15 is 0 Å². The van der Waals surface area contributed by atoms with E-state index in [4.69, 9.17) is 14.6 Å². The first-order valence-electron chi connectivity index (χ1n) is 5.78. The van der Waals surface area contributed by atoms with E-state index < -0.39 is 10.9 Å². The largest absolute Gasteiger partial charge is 0.497 e. The van der Waals surface area contributed by atoms with Crippen LogP contribution in [0.1, 0.15) is 14.5 Å². The van der Waals surface area contributed by atoms with E-state index in [9.17, 15) is 14.9 Å². The maximum atomic E-state index is 10.9. The average Bonchev–Trinajstić information content (AvgIpc) is 2.93. The summed E-state index contributed by atoms with van der Waals surface area (Å²) in [5, 5.41) is 19.8. The highest BCUT2D eigenvalue weighted by molar-refractivity contribution is 7.13. The highest BCUT2D eigenvalue weighted by Gasteiger charge is 2.17. The van der Waals surface area contributed by atoms with Crippen LogP contribution < -0.4 is 9.47 Å². The molecule has 2 aromatic rings. The molecule has 1 aromatic carbocycles. The fraction of sp³-hybridized carbons (Fsp3) is 0.154. The number of ether oxygens (including phenoxy) is 2. The highest BCUT2D eigenvalue weighted by Crippen LogP contribution is 2.32. The van der Waals surface area contributed by atoms with E-state index in [1.54, 1.807) is 6.07 Å². The fourth-order valence-corrected chi connectivity index (χ4v) is 2.37. The van der Waals surface area contributed by atoms with E-state index in [-0.39, 0.29) is 22.9 Å². The Kier molecular flexibility index (Phi) is 4.39. The number of nitro benzene ring substituents is 1. The smallest absolute Gasteiger partial charge is 0.345 e. The maximum Gasteiger partial charge on any atom is 0.345 e. The monoisotopic (exact) mass is 309 g/mol. The first-order valence-corrected chi connectivity index (χ1v) is 6.60. The van der Waals surface area contributed by atoms with Gasteiger partial charge in [0.15, 0.2) is 0 Å². The Morgan fingerprint density at radius 2 is 2.14 bits per heavy atom. The van der Waals surface area contributed by atoms with E-state index in [1.807, 2.05) is 0 Å². The van der Waals surface area contributed by atoms with E-state index in [2.05, 4.69) is 0 Å². The van der Waals surface area contributed by atoms with Gasteiger partial charge in [-0.15, -0.1) is 11.3 Å². The van der Waals surface area contributed by atoms with Gasteiger partial charge in [0.1, 0.15) is 17.2 Å². The van der Waals surface area contributed by atoms with Crippen LogP contribution in [0.2, 0.25) is 0 Å². The first kappa shape index (κ1) is 14.8. The van der Waals surface area contributed by atoms with Crippen LogP contribution in [0.25, 0.3) is 0 Å². The molecule has 110 valence electrons. The first-order chi connectivity index (χ1) is 10.0. The van der Waals surface area contributed by atoms with E-state index in [0.29, 0.717) is 10.6 Å². The number of nitrogens with zero attached hydrogens (tertiary/aromatic N) is 1. The number of thiophene rings is 1. The molecular weight excluding hydrogens is 298 g/mol. The molecule has 0 aliphatic rings. The number of hydrogen-bond acceptors (Lipinski definition) is 6. The number of hydrogen-bond donors (Lipinski definition) is 1. The van der Waals surface area contributed by atoms with Gasteiger partial charge in [0.25, 0.3) is 0 Å². The lowest BCUT2D eigenvalue weighted by molar-refractivity contribution is -0.386. The van der Waals surface area contributed by atoms with Gasteiger partial charge in [0, 0.05) is 17.0 Å². The molecule has 2 rings (SSSR count). The molecule has 0 spiro atoms. The third kappa shape index (κ3) is 3.48. The number of methoxy groups -OCH3 is 1. The van der Waals surface area contributed by atoms with Gasteiger partial charge in [-0.05, 0) is 18.2 Å². The summed E-state index contributed by atoms with van der Waals surface area (Å²) in [5.41, 5.74) is -0.175. The molecule has 0 saturated carbocycles. The van der Waals surface area contributed by atoms with Gasteiger partial charge in [-0.25, -0.2) is 4.79 Å². The van der Waals surface area contributed by atoms with E-state index in [1.165, 1.54) is 31.4 Å². The van der Waals surface area contributed by atoms with Crippen molar-refractivity contribution in [3.8, 4) is 11.5 Å². The van der Waals surface area contributed by atoms with Crippen molar-refractivity contribution >= 4 is 23.0 Å². The normalized spacial score (nSPS) is 10.1. The molecule has 7 nitrogen and oxygen atoms in total. The molecule has 0 atom stereocenters. The van der Waals surface area contributed by atoms with Crippen molar-refractivity contribution < 1.29 is 24.3 Å². The van der Waals surface area contributed by atoms with Gasteiger partial charge in [0.2, 0.25) is 5.75 Å². The Morgan fingerprint density at radius 1 is 1.38 bits per heavy atom. The summed E-state index contributed by atoms with van der Waals surface area (Å²) in [7, 11) is 1.45. The molecule has 1 aromatic heterocycles. The molecule has 0 fully saturated rings. The zero-order valence-corrected chi connectivity index (χ0v) is 11.8. The Hall–Kier alpha value is -2.61. The molecule has 0 bridgehead atoms. The third-order valence-electron chi connectivity index (χ3n) is 2.61. The zero-order valence-electron chi connectivity index (χ0n) is 10.9. The summed E-state index contributed by atoms with van der Waals surface area (Å²) < 4.78 is 10.4. The standard InChI is InChI=1S/C13H11NO6S/c1-19-8-2-4-10(14(17)18)11(6-8)20-7-9-3-5-12(21-9)13(15)16/h2-6H,7H2,1H3,(H,15,16). The molecule has 21 heavy (non-hydrogen) atoms. The van der Waals surface area contributed by atoms with Gasteiger partial charge in [0.05, 0.1) is 12.0 Å². The summed E-state index contributed by atoms with van der Waals surface area (Å²) in [6.45, 7) is 0.0476. The lowest BCUT2D eigenvalue weighted by Crippen LogP contribution is -1.98. The van der Waals surface area contributed by atoms with Crippen LogP contribution in [-0.4, -0.2) is 23.1 Å². The minimum atomic E-state index is -1.02. The summed E-state index contributed by atoms with van der Waals surface area (Å²) >= 11 is 1.06. The van der Waals surface area contributed by atoms with Crippen molar-refractivity contribution in [1.29, 1.82) is 0 Å². The molecular formula is C13H11NO6S. The molecule has 0 amide bonds. The number of aromatic carboxylic acids is 1. The number of nitro groups is 1. The Balaban J connectivity index is 2.17. The molecule has 0 unspecified atom stereocenters. The van der Waals surface area contributed by atoms with Crippen molar-refractivity contribution in [3.05, 3.63) is 50.2 Å². The van der Waals surface area contributed by atoms with Crippen LogP contribution >= 0.6 is 11.3 Å². The highest BCUT2D eigenvalue weighted by atomic mass is 32.1. The Labute approximate surface area is 123 Å². The number of benzene rings is 1. The molecule has 0 aliphatic heterocycles. The second-order valence-corrected chi connectivity index (χ2v) is 5.12. The van der Waals surface area contributed by atoms with Gasteiger partial charge in [-0.3, -0.25) is 10.1 Å². The van der Waals surface area contributed by atoms with E-state index in [0.717, 1.165) is 11.3 Å². The number of carbonyl (C=O) groups is 1. The minimum Gasteiger partial charge on any atom is -0.497 e. The summed E-state index contributed by atoms with van der Waals surface area (Å²) in [4.78, 5) is 22.0. The van der Waals surface area contributed by atoms with Crippen LogP contribution in [0.3, 0.4) is 0 Å². The van der Waals surface area contributed by atoms with Gasteiger partial charge >= 0.3 is 11.7 Å². The Morgan fingerprint density at radius 3 is 2.71 bits per heavy atom. The molecule has 0 aliphatic carbocycles. The van der Waals surface area contributed by atoms with Crippen LogP contribution in [0.15, 0.2) is 30.3 Å². The van der Waals surface area contributed by atoms with Gasteiger partial charge in [-0.2, -0.15) is 0 Å². The molecule has 8 heteroatoms. The molecule has 1 N–H and O–H groups in total. The van der Waals surface area contributed by atoms with Crippen molar-refractivity contribution in [2.45, 2.75) is 6.61 Å². The summed E-state index contributed by atoms with van der Waals surface area (Å²) in [5.74, 6) is -0.503. The lowest BCUT2D eigenvalue weighted by atomic mass is 10.3. The summed E-state index contributed by atoms with van der Waals surface area (Å²) in [6.07, 6.45) is 0. The zero-order chi connectivity index (χ0) is 15.4. The van der Waals surface area contributed by atoms with Crippen LogP contribution in [0, 0.1) is 10.1 Å². The fourth-order valence-electron chi connectivity index (χ4n) is 1.61. The number of carboxylic acid groups (broad SMARTS) is 1. The Bertz CT molecular complexity index is 681. The maximum absolute atomic E-state index is 10.9. The van der Waals surface area contributed by atoms with Gasteiger partial charge < -0.3 is 14.6 Å². The molecule has 0 saturated heterocycles. The van der Waals surface area contributed by atoms with Crippen molar-refractivity contribution in [2.75, 3.05) is 7.11 Å². The molecule has 1 heterocycles. The SMILES string of the molecule is COc1ccc([N+](=O)[O-])c(OCc2ccc(C(=O)O)s2)c1. The predicted octanol–water partition coefficient (Wildman–Crippen LogP) is 2.94. The second kappa shape index (κ2) is 6.23. The van der Waals surface area contributed by atoms with Crippen LogP contribution in [-0.2, 0) is 6.61 Å². The van der Waals surface area contributed by atoms with Crippen LogP contribution in [0.4, 0.5) is 5.69 Å². The topological polar surface area (TPSA) is 98.9 Å². The predicted molar refractivity (Wildman–Crippen MR) is 75.3 cm³/mol. The molecule has 0 radical (unpaired) electrons. The summed E-state index contributed by atoms with van der Waals surface area (Å²) in [6, 6.07) is 7.26. The van der Waals surface area contributed by atoms with Crippen molar-refractivity contribution in [2.24, 2.45) is 0 Å². The third-order valence-corrected chi connectivity index (χ3v) is 3.65. The average molecular weight is 309 g/mol. The van der Waals surface area contributed by atoms with Crippen molar-refractivity contribution in [3.63, 3.8) is 0 Å². The lowest BCUT2D eigenvalue weighted by Gasteiger charge is -2.07. The van der Waals surface area contributed by atoms with Crippen molar-refractivity contribution in [1.82, 2.24) is 0 Å². The quantitative estimate of drug-likeness (QED) is 0.650. The minimum absolute atomic E-state index is 0.0476.